The van der Waals surface area contributed by atoms with Crippen LogP contribution in [0.15, 0.2) is 40.2 Å². The van der Waals surface area contributed by atoms with Crippen molar-refractivity contribution in [2.24, 2.45) is 16.9 Å². The predicted molar refractivity (Wildman–Crippen MR) is 177 cm³/mol. The summed E-state index contributed by atoms with van der Waals surface area (Å²) in [6.45, 7) is 11.5. The molecule has 2 amide bonds. The topological polar surface area (TPSA) is 102 Å². The van der Waals surface area contributed by atoms with Gasteiger partial charge in [0.05, 0.1) is 33.7 Å². The number of allylic oxidation sites excluding steroid dienone is 2. The smallest absolute Gasteiger partial charge is 0.277 e. The lowest BCUT2D eigenvalue weighted by molar-refractivity contribution is -0.130. The number of hydrogen-bond donors (Lipinski definition) is 2. The quantitative estimate of drug-likeness (QED) is 0.255. The number of benzene rings is 1. The Labute approximate surface area is 262 Å². The van der Waals surface area contributed by atoms with Gasteiger partial charge in [0.1, 0.15) is 5.76 Å². The lowest BCUT2D eigenvalue weighted by Crippen LogP contribution is -2.40. The molecule has 5 rings (SSSR count). The Bertz CT molecular complexity index is 1380. The van der Waals surface area contributed by atoms with Crippen LogP contribution >= 0.6 is 0 Å². The maximum atomic E-state index is 13.9. The Hall–Kier alpha value is -3.42. The maximum Gasteiger partial charge on any atom is 0.277 e. The number of carbonyl (C=O) groups is 3. The number of hydrazone groups is 1. The van der Waals surface area contributed by atoms with Crippen LogP contribution < -0.4 is 10.2 Å². The van der Waals surface area contributed by atoms with Crippen LogP contribution in [0.1, 0.15) is 117 Å². The second-order valence-electron chi connectivity index (χ2n) is 14.0. The van der Waals surface area contributed by atoms with E-state index in [0.29, 0.717) is 41.6 Å². The zero-order chi connectivity index (χ0) is 31.6. The van der Waals surface area contributed by atoms with Gasteiger partial charge in [-0.3, -0.25) is 14.4 Å². The maximum absolute atomic E-state index is 13.9. The van der Waals surface area contributed by atoms with Gasteiger partial charge in [-0.15, -0.1) is 0 Å². The fourth-order valence-corrected chi connectivity index (χ4v) is 7.34. The van der Waals surface area contributed by atoms with Crippen molar-refractivity contribution in [1.82, 2.24) is 5.01 Å². The van der Waals surface area contributed by atoms with E-state index in [1.54, 1.807) is 6.07 Å². The van der Waals surface area contributed by atoms with Gasteiger partial charge in [0, 0.05) is 30.8 Å². The first kappa shape index (κ1) is 32.0. The van der Waals surface area contributed by atoms with Gasteiger partial charge in [-0.05, 0) is 83.9 Å². The number of rotatable bonds is 11. The third-order valence-corrected chi connectivity index (χ3v) is 9.92. The molecule has 2 saturated carbocycles. The fraction of sp³-hybridized carbons (Fsp3) is 0.611. The van der Waals surface area contributed by atoms with Gasteiger partial charge >= 0.3 is 0 Å². The molecule has 0 saturated heterocycles. The summed E-state index contributed by atoms with van der Waals surface area (Å²) in [6, 6.07) is 5.62. The lowest BCUT2D eigenvalue weighted by Gasteiger charge is -2.29. The van der Waals surface area contributed by atoms with E-state index in [9.17, 15) is 19.5 Å². The highest BCUT2D eigenvalue weighted by Gasteiger charge is 2.46. The number of carbonyl (C=O) groups excluding carboxylic acids is 3. The van der Waals surface area contributed by atoms with Crippen molar-refractivity contribution in [3.8, 4) is 0 Å². The molecular weight excluding hydrogens is 552 g/mol. The molecule has 4 aliphatic rings. The number of aliphatic hydroxyl groups is 1. The highest BCUT2D eigenvalue weighted by atomic mass is 16.3. The van der Waals surface area contributed by atoms with Crippen LogP contribution in [0.3, 0.4) is 0 Å². The molecule has 0 spiro atoms. The number of nitrogens with one attached hydrogen (secondary N) is 1. The van der Waals surface area contributed by atoms with Gasteiger partial charge in [0.2, 0.25) is 11.7 Å². The van der Waals surface area contributed by atoms with Crippen LogP contribution in [0.5, 0.6) is 0 Å². The molecule has 2 fully saturated rings. The lowest BCUT2D eigenvalue weighted by atomic mass is 9.78. The number of amides is 2. The Kier molecular flexibility index (Phi) is 9.66. The van der Waals surface area contributed by atoms with E-state index >= 15 is 0 Å². The molecule has 8 nitrogen and oxygen atoms in total. The molecule has 0 bridgehead atoms. The molecule has 2 N–H and O–H groups in total. The van der Waals surface area contributed by atoms with Crippen LogP contribution in [-0.2, 0) is 14.4 Å². The summed E-state index contributed by atoms with van der Waals surface area (Å²) < 4.78 is 0. The van der Waals surface area contributed by atoms with Gasteiger partial charge in [-0.1, -0.05) is 51.4 Å². The Morgan fingerprint density at radius 3 is 2.14 bits per heavy atom. The summed E-state index contributed by atoms with van der Waals surface area (Å²) in [7, 11) is 0. The van der Waals surface area contributed by atoms with Crippen molar-refractivity contribution in [2.75, 3.05) is 23.3 Å². The van der Waals surface area contributed by atoms with Crippen LogP contribution in [0, 0.1) is 11.8 Å². The van der Waals surface area contributed by atoms with E-state index in [1.165, 1.54) is 56.4 Å². The van der Waals surface area contributed by atoms with Crippen molar-refractivity contribution in [1.29, 1.82) is 0 Å². The first-order valence-corrected chi connectivity index (χ1v) is 16.9. The zero-order valence-electron chi connectivity index (χ0n) is 27.3. The highest BCUT2D eigenvalue weighted by molar-refractivity contribution is 6.44. The van der Waals surface area contributed by atoms with Crippen LogP contribution in [0.4, 0.5) is 11.4 Å². The minimum atomic E-state index is -0.566. The summed E-state index contributed by atoms with van der Waals surface area (Å²) in [5, 5.41) is 20.7. The first-order chi connectivity index (χ1) is 21.0. The largest absolute Gasteiger partial charge is 0.506 e. The van der Waals surface area contributed by atoms with Crippen molar-refractivity contribution < 1.29 is 19.5 Å². The first-order valence-electron chi connectivity index (χ1n) is 16.9. The van der Waals surface area contributed by atoms with Gasteiger partial charge < -0.3 is 15.3 Å². The second-order valence-corrected chi connectivity index (χ2v) is 14.0. The molecule has 3 aliphatic carbocycles. The van der Waals surface area contributed by atoms with Gasteiger partial charge in [-0.25, -0.2) is 5.01 Å². The van der Waals surface area contributed by atoms with Crippen LogP contribution in [-0.4, -0.2) is 52.1 Å². The number of ketones is 1. The Morgan fingerprint density at radius 1 is 0.955 bits per heavy atom. The number of Topliss-reactive ketones (excluding diaryl/α,β-unsaturated/α-hetero) is 1. The monoisotopic (exact) mass is 602 g/mol. The SMILES string of the molecule is CCN(CC)c1ccc(C2=C(O)/C(=C3/C(=O)N(C(C)(C)C)N=C3CCC3CCCC3)C2=O)c(NC(=O)CCC2CCCC2)c1. The highest BCUT2D eigenvalue weighted by Crippen LogP contribution is 2.44. The second kappa shape index (κ2) is 13.3. The van der Waals surface area contributed by atoms with E-state index < -0.39 is 5.54 Å². The molecule has 1 aliphatic heterocycles. The average Bonchev–Trinajstić information content (AvgIpc) is 3.76. The molecular formula is C36H50N4O4. The molecule has 0 radical (unpaired) electrons. The van der Waals surface area contributed by atoms with Crippen molar-refractivity contribution >= 4 is 40.3 Å². The fourth-order valence-electron chi connectivity index (χ4n) is 7.34. The standard InChI is InChI=1S/C36H50N4O4/c1-6-39(7-2)25-18-19-26(28(22-25)37-29(41)21-17-24-14-10-11-15-24)30-33(42)32(34(30)43)31-27(20-16-23-12-8-9-13-23)38-40(35(31)44)36(3,4)5/h18-19,22-24,42H,6-17,20-21H2,1-5H3,(H,37,41)/b32-31-. The van der Waals surface area contributed by atoms with E-state index in [-0.39, 0.29) is 40.1 Å². The summed E-state index contributed by atoms with van der Waals surface area (Å²) in [4.78, 5) is 42.9. The third-order valence-electron chi connectivity index (χ3n) is 9.92. The van der Waals surface area contributed by atoms with E-state index in [2.05, 4.69) is 24.1 Å². The molecule has 0 atom stereocenters. The molecule has 1 heterocycles. The van der Waals surface area contributed by atoms with E-state index in [0.717, 1.165) is 31.6 Å². The zero-order valence-corrected chi connectivity index (χ0v) is 27.3. The van der Waals surface area contributed by atoms with E-state index in [4.69, 9.17) is 5.10 Å². The van der Waals surface area contributed by atoms with E-state index in [1.807, 2.05) is 32.9 Å². The molecule has 1 aromatic rings. The van der Waals surface area contributed by atoms with Crippen LogP contribution in [0.25, 0.3) is 5.57 Å². The summed E-state index contributed by atoms with van der Waals surface area (Å²) in [6.07, 6.45) is 12.4. The normalized spacial score (nSPS) is 21.4. The number of nitrogens with zero attached hydrogens (tertiary/aromatic N) is 3. The predicted octanol–water partition coefficient (Wildman–Crippen LogP) is 7.56. The van der Waals surface area contributed by atoms with Gasteiger partial charge in [0.25, 0.3) is 5.91 Å². The summed E-state index contributed by atoms with van der Waals surface area (Å²) >= 11 is 0. The van der Waals surface area contributed by atoms with Crippen molar-refractivity contribution in [3.63, 3.8) is 0 Å². The Balaban J connectivity index is 1.48. The summed E-state index contributed by atoms with van der Waals surface area (Å²) in [5.41, 5.74) is 2.36. The number of hydrogen-bond acceptors (Lipinski definition) is 6. The van der Waals surface area contributed by atoms with Crippen molar-refractivity contribution in [2.45, 2.75) is 117 Å². The number of anilines is 2. The summed E-state index contributed by atoms with van der Waals surface area (Å²) in [5.74, 6) is 0.187. The molecule has 44 heavy (non-hydrogen) atoms. The van der Waals surface area contributed by atoms with Crippen molar-refractivity contribution in [3.05, 3.63) is 40.7 Å². The molecule has 0 unspecified atom stereocenters. The average molecular weight is 603 g/mol. The molecule has 238 valence electrons. The minimum absolute atomic E-state index is 0.0493. The van der Waals surface area contributed by atoms with Gasteiger partial charge in [-0.2, -0.15) is 5.10 Å². The minimum Gasteiger partial charge on any atom is -0.506 e. The molecule has 0 aromatic heterocycles. The molecule has 1 aromatic carbocycles. The van der Waals surface area contributed by atoms with Gasteiger partial charge in [0.15, 0.2) is 0 Å². The third kappa shape index (κ3) is 6.50. The molecule has 8 heteroatoms. The number of aliphatic hydroxyl groups excluding tert-OH is 1. The van der Waals surface area contributed by atoms with Crippen LogP contribution in [0.2, 0.25) is 0 Å². The Morgan fingerprint density at radius 2 is 1.57 bits per heavy atom.